The molecule has 4 fully saturated rings. The SMILES string of the molecule is CC1(C)OC[C@]2(O[C@H](COCc3cccc(COC[C@H]4O[C@]5(COC(C)(C)O5)[C@@H](OCc5ccccc5)[C@@H]4OCc4ccccc4)c3)[C@@H](OCc3ccccc3)[C@@H]2OCc2ccccc2)O1. The molecule has 0 unspecified atom stereocenters. The van der Waals surface area contributed by atoms with Crippen molar-refractivity contribution in [2.24, 2.45) is 0 Å². The average molecular weight is 903 g/mol. The first-order valence-electron chi connectivity index (χ1n) is 23.0. The second kappa shape index (κ2) is 20.9. The molecule has 0 saturated carbocycles. The van der Waals surface area contributed by atoms with Gasteiger partial charge in [0.1, 0.15) is 49.8 Å². The number of hydrogen-bond donors (Lipinski definition) is 0. The molecule has 12 nitrogen and oxygen atoms in total. The van der Waals surface area contributed by atoms with Gasteiger partial charge >= 0.3 is 0 Å². The van der Waals surface area contributed by atoms with Crippen molar-refractivity contribution < 1.29 is 56.8 Å². The number of benzene rings is 5. The quantitative estimate of drug-likeness (QED) is 0.0745. The van der Waals surface area contributed by atoms with Gasteiger partial charge in [-0.25, -0.2) is 0 Å². The third kappa shape index (κ3) is 11.5. The molecular weight excluding hydrogens is 841 g/mol. The molecule has 5 aromatic carbocycles. The Hall–Kier alpha value is -4.38. The first-order valence-corrected chi connectivity index (χ1v) is 23.0. The van der Waals surface area contributed by atoms with E-state index in [0.717, 1.165) is 33.4 Å². The Morgan fingerprint density at radius 1 is 0.409 bits per heavy atom. The fourth-order valence-corrected chi connectivity index (χ4v) is 9.11. The zero-order valence-corrected chi connectivity index (χ0v) is 38.3. The van der Waals surface area contributed by atoms with Gasteiger partial charge in [-0.15, -0.1) is 0 Å². The Kier molecular flexibility index (Phi) is 14.8. The summed E-state index contributed by atoms with van der Waals surface area (Å²) in [6.07, 6.45) is -3.23. The Morgan fingerprint density at radius 2 is 0.742 bits per heavy atom. The van der Waals surface area contributed by atoms with Crippen LogP contribution in [0.5, 0.6) is 0 Å². The second-order valence-electron chi connectivity index (χ2n) is 18.3. The van der Waals surface area contributed by atoms with Crippen LogP contribution in [0.15, 0.2) is 146 Å². The zero-order valence-electron chi connectivity index (χ0n) is 38.3. The van der Waals surface area contributed by atoms with E-state index in [0.29, 0.717) is 39.6 Å². The maximum absolute atomic E-state index is 6.76. The molecule has 0 N–H and O–H groups in total. The van der Waals surface area contributed by atoms with E-state index in [9.17, 15) is 0 Å². The van der Waals surface area contributed by atoms with E-state index < -0.39 is 59.8 Å². The van der Waals surface area contributed by atoms with Crippen LogP contribution >= 0.6 is 0 Å². The third-order valence-corrected chi connectivity index (χ3v) is 12.2. The highest BCUT2D eigenvalue weighted by atomic mass is 16.9. The van der Waals surface area contributed by atoms with Crippen molar-refractivity contribution in [3.8, 4) is 0 Å². The Balaban J connectivity index is 0.855. The molecular formula is C54H62O12. The van der Waals surface area contributed by atoms with E-state index in [1.165, 1.54) is 0 Å². The van der Waals surface area contributed by atoms with Gasteiger partial charge in [0.25, 0.3) is 0 Å². The summed E-state index contributed by atoms with van der Waals surface area (Å²) in [5, 5.41) is 0. The van der Waals surface area contributed by atoms with E-state index in [-0.39, 0.29) is 26.4 Å². The summed E-state index contributed by atoms with van der Waals surface area (Å²) < 4.78 is 78.3. The second-order valence-corrected chi connectivity index (χ2v) is 18.3. The monoisotopic (exact) mass is 902 g/mol. The van der Waals surface area contributed by atoms with Gasteiger partial charge in [0.2, 0.25) is 11.6 Å². The van der Waals surface area contributed by atoms with Crippen molar-refractivity contribution in [1.82, 2.24) is 0 Å². The van der Waals surface area contributed by atoms with Crippen LogP contribution in [0.25, 0.3) is 0 Å². The highest BCUT2D eigenvalue weighted by molar-refractivity contribution is 5.23. The van der Waals surface area contributed by atoms with Crippen LogP contribution < -0.4 is 0 Å². The van der Waals surface area contributed by atoms with Crippen molar-refractivity contribution in [2.75, 3.05) is 26.4 Å². The standard InChI is InChI=1S/C54H62O12/c1-51(2)61-37-53(65-51)49(59-33-41-22-13-7-14-23-41)47(57-31-39-18-9-5-10-19-39)45(63-53)35-55-29-43-26-17-27-44(28-43)30-56-36-46-48(58-32-40-20-11-6-12-21-40)50(60-34-42-24-15-8-16-25-42)54(64-46)38-62-52(3,4)66-54/h5-28,45-50H,29-38H2,1-4H3/t45-,46-,47-,48-,49+,50+,53+,54+/m1/s1. The third-order valence-electron chi connectivity index (χ3n) is 12.2. The van der Waals surface area contributed by atoms with Crippen molar-refractivity contribution in [3.63, 3.8) is 0 Å². The molecule has 12 heteroatoms. The van der Waals surface area contributed by atoms with E-state index in [1.54, 1.807) is 0 Å². The van der Waals surface area contributed by atoms with Crippen LogP contribution in [-0.2, 0) is 96.5 Å². The molecule has 66 heavy (non-hydrogen) atoms. The molecule has 0 amide bonds. The van der Waals surface area contributed by atoms with Crippen LogP contribution in [0.4, 0.5) is 0 Å². The topological polar surface area (TPSA) is 111 Å². The van der Waals surface area contributed by atoms with Gasteiger partial charge in [-0.05, 0) is 61.1 Å². The van der Waals surface area contributed by atoms with Crippen LogP contribution in [0.3, 0.4) is 0 Å². The van der Waals surface area contributed by atoms with E-state index >= 15 is 0 Å². The van der Waals surface area contributed by atoms with Crippen molar-refractivity contribution in [1.29, 1.82) is 0 Å². The first-order chi connectivity index (χ1) is 32.1. The minimum absolute atomic E-state index is 0.191. The van der Waals surface area contributed by atoms with Gasteiger partial charge in [-0.1, -0.05) is 146 Å². The highest BCUT2D eigenvalue weighted by Crippen LogP contribution is 2.46. The molecule has 0 radical (unpaired) electrons. The lowest BCUT2D eigenvalue weighted by Crippen LogP contribution is -2.48. The molecule has 0 aliphatic carbocycles. The van der Waals surface area contributed by atoms with Crippen molar-refractivity contribution in [2.45, 2.75) is 127 Å². The van der Waals surface area contributed by atoms with Gasteiger partial charge < -0.3 is 56.8 Å². The zero-order chi connectivity index (χ0) is 45.5. The molecule has 2 spiro atoms. The summed E-state index contributed by atoms with van der Waals surface area (Å²) in [6, 6.07) is 48.4. The van der Waals surface area contributed by atoms with E-state index in [1.807, 2.05) is 167 Å². The minimum Gasteiger partial charge on any atom is -0.374 e. The summed E-state index contributed by atoms with van der Waals surface area (Å²) in [6.45, 7) is 10.5. The molecule has 9 rings (SSSR count). The smallest absolute Gasteiger partial charge is 0.224 e. The van der Waals surface area contributed by atoms with Gasteiger partial charge in [-0.3, -0.25) is 0 Å². The molecule has 4 heterocycles. The average Bonchev–Trinajstić information content (AvgIpc) is 4.01. The van der Waals surface area contributed by atoms with Gasteiger partial charge in [0.15, 0.2) is 11.6 Å². The van der Waals surface area contributed by atoms with Crippen LogP contribution in [0, 0.1) is 0 Å². The predicted octanol–water partition coefficient (Wildman–Crippen LogP) is 8.82. The summed E-state index contributed by atoms with van der Waals surface area (Å²) in [4.78, 5) is 0. The lowest BCUT2D eigenvalue weighted by Gasteiger charge is -2.31. The maximum atomic E-state index is 6.76. The minimum atomic E-state index is -1.18. The Morgan fingerprint density at radius 3 is 1.08 bits per heavy atom. The largest absolute Gasteiger partial charge is 0.374 e. The van der Waals surface area contributed by atoms with Gasteiger partial charge in [-0.2, -0.15) is 0 Å². The van der Waals surface area contributed by atoms with Crippen LogP contribution in [0.2, 0.25) is 0 Å². The summed E-state index contributed by atoms with van der Waals surface area (Å²) in [5.41, 5.74) is 6.11. The van der Waals surface area contributed by atoms with Crippen LogP contribution in [-0.4, -0.2) is 86.2 Å². The summed E-state index contributed by atoms with van der Waals surface area (Å²) >= 11 is 0. The molecule has 4 aliphatic rings. The van der Waals surface area contributed by atoms with E-state index in [2.05, 4.69) is 6.07 Å². The van der Waals surface area contributed by atoms with Crippen LogP contribution in [0.1, 0.15) is 61.1 Å². The van der Waals surface area contributed by atoms with Gasteiger partial charge in [0.05, 0.1) is 52.9 Å². The normalized spacial score (nSPS) is 28.7. The Bertz CT molecular complexity index is 2110. The lowest BCUT2D eigenvalue weighted by molar-refractivity contribution is -0.278. The molecule has 5 aromatic rings. The molecule has 4 saturated heterocycles. The fraction of sp³-hybridized carbons (Fsp3) is 0.444. The number of ether oxygens (including phenoxy) is 12. The molecule has 8 atom stereocenters. The fourth-order valence-electron chi connectivity index (χ4n) is 9.11. The van der Waals surface area contributed by atoms with E-state index in [4.69, 9.17) is 56.8 Å². The van der Waals surface area contributed by atoms with Crippen molar-refractivity contribution in [3.05, 3.63) is 179 Å². The highest BCUT2D eigenvalue weighted by Gasteiger charge is 2.64. The van der Waals surface area contributed by atoms with Crippen molar-refractivity contribution >= 4 is 0 Å². The number of rotatable bonds is 20. The van der Waals surface area contributed by atoms with Gasteiger partial charge in [0, 0.05) is 0 Å². The number of hydrogen-bond acceptors (Lipinski definition) is 12. The molecule has 4 aliphatic heterocycles. The maximum Gasteiger partial charge on any atom is 0.224 e. The molecule has 350 valence electrons. The molecule has 0 aromatic heterocycles. The molecule has 0 bridgehead atoms. The first kappa shape index (κ1) is 46.7. The predicted molar refractivity (Wildman–Crippen MR) is 243 cm³/mol. The summed E-state index contributed by atoms with van der Waals surface area (Å²) in [5.74, 6) is -4.10. The lowest BCUT2D eigenvalue weighted by atomic mass is 10.0. The Labute approximate surface area is 388 Å². The summed E-state index contributed by atoms with van der Waals surface area (Å²) in [7, 11) is 0.